The first-order valence-corrected chi connectivity index (χ1v) is 7.30. The molecule has 2 heterocycles. The van der Waals surface area contributed by atoms with Crippen LogP contribution in [0.1, 0.15) is 38.3 Å². The van der Waals surface area contributed by atoms with Crippen LogP contribution in [0.25, 0.3) is 11.1 Å². The van der Waals surface area contributed by atoms with Crippen LogP contribution >= 0.6 is 0 Å². The van der Waals surface area contributed by atoms with Crippen LogP contribution < -0.4 is 10.6 Å². The molecule has 1 fully saturated rings. The highest BCUT2D eigenvalue weighted by atomic mass is 16.5. The third-order valence-corrected chi connectivity index (χ3v) is 4.22. The van der Waals surface area contributed by atoms with Gasteiger partial charge in [0, 0.05) is 18.6 Å². The van der Waals surface area contributed by atoms with Gasteiger partial charge in [0.2, 0.25) is 0 Å². The Morgan fingerprint density at radius 2 is 2.05 bits per heavy atom. The van der Waals surface area contributed by atoms with E-state index in [1.807, 2.05) is 6.92 Å². The standard InChI is InChI=1S/C14H21N5O/c1-3-19(11-6-4-10(15)5-7-11)13-12-9(2)18-20-14(12)17-8-16-13/h8,10-11H,3-7,15H2,1-2H3. The highest BCUT2D eigenvalue weighted by Crippen LogP contribution is 2.31. The van der Waals surface area contributed by atoms with Crippen molar-refractivity contribution in [3.05, 3.63) is 12.0 Å². The normalized spacial score (nSPS) is 23.1. The zero-order valence-electron chi connectivity index (χ0n) is 12.0. The topological polar surface area (TPSA) is 81.1 Å². The van der Waals surface area contributed by atoms with Crippen LogP contribution in [-0.4, -0.2) is 33.8 Å². The van der Waals surface area contributed by atoms with Gasteiger partial charge in [-0.25, -0.2) is 4.98 Å². The van der Waals surface area contributed by atoms with E-state index in [4.69, 9.17) is 10.3 Å². The molecule has 0 unspecified atom stereocenters. The molecule has 3 rings (SSSR count). The van der Waals surface area contributed by atoms with Crippen molar-refractivity contribution in [1.82, 2.24) is 15.1 Å². The lowest BCUT2D eigenvalue weighted by Crippen LogP contribution is -2.41. The van der Waals surface area contributed by atoms with Gasteiger partial charge in [0.05, 0.1) is 5.69 Å². The highest BCUT2D eigenvalue weighted by Gasteiger charge is 2.26. The summed E-state index contributed by atoms with van der Waals surface area (Å²) in [5.74, 6) is 0.941. The van der Waals surface area contributed by atoms with Crippen LogP contribution in [0.4, 0.5) is 5.82 Å². The smallest absolute Gasteiger partial charge is 0.263 e. The van der Waals surface area contributed by atoms with E-state index < -0.39 is 0 Å². The number of hydrogen-bond donors (Lipinski definition) is 1. The van der Waals surface area contributed by atoms with Crippen molar-refractivity contribution < 1.29 is 4.52 Å². The molecular weight excluding hydrogens is 254 g/mol. The summed E-state index contributed by atoms with van der Waals surface area (Å²) in [5.41, 5.74) is 7.42. The molecule has 0 atom stereocenters. The van der Waals surface area contributed by atoms with Crippen molar-refractivity contribution in [3.8, 4) is 0 Å². The Balaban J connectivity index is 1.97. The molecular formula is C14H21N5O. The van der Waals surface area contributed by atoms with E-state index in [-0.39, 0.29) is 0 Å². The molecule has 2 aromatic rings. The minimum Gasteiger partial charge on any atom is -0.353 e. The summed E-state index contributed by atoms with van der Waals surface area (Å²) in [6.07, 6.45) is 5.95. The third kappa shape index (κ3) is 2.24. The third-order valence-electron chi connectivity index (χ3n) is 4.22. The maximum Gasteiger partial charge on any atom is 0.263 e. The molecule has 0 spiro atoms. The van der Waals surface area contributed by atoms with E-state index >= 15 is 0 Å². The van der Waals surface area contributed by atoms with E-state index in [0.29, 0.717) is 17.8 Å². The van der Waals surface area contributed by atoms with Gasteiger partial charge in [-0.2, -0.15) is 4.98 Å². The summed E-state index contributed by atoms with van der Waals surface area (Å²) in [4.78, 5) is 11.0. The fraction of sp³-hybridized carbons (Fsp3) is 0.643. The zero-order chi connectivity index (χ0) is 14.1. The van der Waals surface area contributed by atoms with Crippen LogP contribution in [0, 0.1) is 6.92 Å². The zero-order valence-corrected chi connectivity index (χ0v) is 12.0. The maximum atomic E-state index is 6.01. The monoisotopic (exact) mass is 275 g/mol. The van der Waals surface area contributed by atoms with E-state index in [0.717, 1.165) is 49.1 Å². The molecule has 0 radical (unpaired) electrons. The molecule has 0 saturated heterocycles. The second kappa shape index (κ2) is 5.36. The van der Waals surface area contributed by atoms with Crippen molar-refractivity contribution >= 4 is 16.9 Å². The first-order valence-electron chi connectivity index (χ1n) is 7.30. The number of aryl methyl sites for hydroxylation is 1. The number of nitrogens with zero attached hydrogens (tertiary/aromatic N) is 4. The minimum absolute atomic E-state index is 0.354. The average Bonchev–Trinajstić information content (AvgIpc) is 2.84. The van der Waals surface area contributed by atoms with Gasteiger partial charge in [-0.3, -0.25) is 0 Å². The van der Waals surface area contributed by atoms with Gasteiger partial charge < -0.3 is 15.2 Å². The van der Waals surface area contributed by atoms with Crippen molar-refractivity contribution in [3.63, 3.8) is 0 Å². The largest absolute Gasteiger partial charge is 0.353 e. The molecule has 6 nitrogen and oxygen atoms in total. The Hall–Kier alpha value is -1.69. The molecule has 0 aromatic carbocycles. The second-order valence-corrected chi connectivity index (χ2v) is 5.50. The molecule has 0 aliphatic heterocycles. The number of anilines is 1. The molecule has 0 bridgehead atoms. The molecule has 20 heavy (non-hydrogen) atoms. The van der Waals surface area contributed by atoms with Crippen LogP contribution in [0.2, 0.25) is 0 Å². The van der Waals surface area contributed by atoms with E-state index in [1.165, 1.54) is 0 Å². The minimum atomic E-state index is 0.354. The molecule has 2 N–H and O–H groups in total. The van der Waals surface area contributed by atoms with Crippen LogP contribution in [0.3, 0.4) is 0 Å². The SMILES string of the molecule is CCN(c1ncnc2onc(C)c12)C1CCC(N)CC1. The van der Waals surface area contributed by atoms with Crippen molar-refractivity contribution in [1.29, 1.82) is 0 Å². The predicted molar refractivity (Wildman–Crippen MR) is 77.6 cm³/mol. The van der Waals surface area contributed by atoms with Gasteiger partial charge in [-0.05, 0) is 39.5 Å². The Morgan fingerprint density at radius 1 is 1.30 bits per heavy atom. The lowest BCUT2D eigenvalue weighted by Gasteiger charge is -2.36. The first kappa shape index (κ1) is 13.3. The molecule has 1 aliphatic rings. The summed E-state index contributed by atoms with van der Waals surface area (Å²) >= 11 is 0. The quantitative estimate of drug-likeness (QED) is 0.923. The highest BCUT2D eigenvalue weighted by molar-refractivity contribution is 5.87. The predicted octanol–water partition coefficient (Wildman–Crippen LogP) is 2.02. The Morgan fingerprint density at radius 3 is 2.75 bits per heavy atom. The summed E-state index contributed by atoms with van der Waals surface area (Å²) in [6, 6.07) is 0.847. The molecule has 2 aromatic heterocycles. The second-order valence-electron chi connectivity index (χ2n) is 5.50. The van der Waals surface area contributed by atoms with Gasteiger partial charge >= 0.3 is 0 Å². The van der Waals surface area contributed by atoms with Gasteiger partial charge in [0.15, 0.2) is 0 Å². The lowest BCUT2D eigenvalue weighted by molar-refractivity contribution is 0.377. The molecule has 108 valence electrons. The molecule has 1 saturated carbocycles. The van der Waals surface area contributed by atoms with Gasteiger partial charge in [-0.1, -0.05) is 5.16 Å². The Labute approximate surface area is 118 Å². The fourth-order valence-corrected chi connectivity index (χ4v) is 3.12. The Kier molecular flexibility index (Phi) is 3.56. The number of rotatable bonds is 3. The van der Waals surface area contributed by atoms with Crippen molar-refractivity contribution in [2.24, 2.45) is 5.73 Å². The number of hydrogen-bond acceptors (Lipinski definition) is 6. The lowest BCUT2D eigenvalue weighted by atomic mass is 9.90. The van der Waals surface area contributed by atoms with E-state index in [2.05, 4.69) is 26.9 Å². The number of fused-ring (bicyclic) bond motifs is 1. The summed E-state index contributed by atoms with van der Waals surface area (Å²) in [5, 5.41) is 4.94. The Bertz CT molecular complexity index is 588. The van der Waals surface area contributed by atoms with Gasteiger partial charge in [0.25, 0.3) is 5.71 Å². The fourth-order valence-electron chi connectivity index (χ4n) is 3.12. The summed E-state index contributed by atoms with van der Waals surface area (Å²) < 4.78 is 5.24. The summed E-state index contributed by atoms with van der Waals surface area (Å²) in [7, 11) is 0. The maximum absolute atomic E-state index is 6.01. The molecule has 0 amide bonds. The number of nitrogens with two attached hydrogens (primary N) is 1. The average molecular weight is 275 g/mol. The molecule has 1 aliphatic carbocycles. The van der Waals surface area contributed by atoms with Crippen LogP contribution in [0.5, 0.6) is 0 Å². The van der Waals surface area contributed by atoms with Crippen molar-refractivity contribution in [2.45, 2.75) is 51.6 Å². The molecule has 6 heteroatoms. The summed E-state index contributed by atoms with van der Waals surface area (Å²) in [6.45, 7) is 5.01. The van der Waals surface area contributed by atoms with Crippen LogP contribution in [0.15, 0.2) is 10.9 Å². The van der Waals surface area contributed by atoms with Crippen LogP contribution in [-0.2, 0) is 0 Å². The first-order chi connectivity index (χ1) is 9.70. The van der Waals surface area contributed by atoms with E-state index in [9.17, 15) is 0 Å². The van der Waals surface area contributed by atoms with Gasteiger partial charge in [-0.15, -0.1) is 0 Å². The number of aromatic nitrogens is 3. The van der Waals surface area contributed by atoms with E-state index in [1.54, 1.807) is 6.33 Å². The van der Waals surface area contributed by atoms with Crippen molar-refractivity contribution in [2.75, 3.05) is 11.4 Å². The van der Waals surface area contributed by atoms with Gasteiger partial charge in [0.1, 0.15) is 17.5 Å².